The second-order valence-corrected chi connectivity index (χ2v) is 6.57. The molecule has 0 spiro atoms. The molecule has 3 heterocycles. The summed E-state index contributed by atoms with van der Waals surface area (Å²) < 4.78 is 0. The van der Waals surface area contributed by atoms with Crippen LogP contribution in [0.25, 0.3) is 0 Å². The highest BCUT2D eigenvalue weighted by atomic mass is 32.1. The summed E-state index contributed by atoms with van der Waals surface area (Å²) in [5, 5.41) is 4.31. The van der Waals surface area contributed by atoms with Crippen molar-refractivity contribution >= 4 is 17.2 Å². The number of hydrogen-bond acceptors (Lipinski definition) is 4. The Kier molecular flexibility index (Phi) is 4.55. The zero-order valence-electron chi connectivity index (χ0n) is 13.1. The van der Waals surface area contributed by atoms with E-state index >= 15 is 0 Å². The Labute approximate surface area is 135 Å². The van der Waals surface area contributed by atoms with Gasteiger partial charge in [-0.3, -0.25) is 14.7 Å². The Morgan fingerprint density at radius 1 is 1.18 bits per heavy atom. The summed E-state index contributed by atoms with van der Waals surface area (Å²) in [7, 11) is 0. The third kappa shape index (κ3) is 3.36. The van der Waals surface area contributed by atoms with Gasteiger partial charge in [0.05, 0.1) is 11.3 Å². The first-order chi connectivity index (χ1) is 10.6. The molecule has 0 unspecified atom stereocenters. The molecule has 0 saturated carbocycles. The molecule has 1 aliphatic rings. The third-order valence-electron chi connectivity index (χ3n) is 4.10. The monoisotopic (exact) mass is 315 g/mol. The fourth-order valence-electron chi connectivity index (χ4n) is 2.83. The molecule has 22 heavy (non-hydrogen) atoms. The van der Waals surface area contributed by atoms with Crippen molar-refractivity contribution in [1.29, 1.82) is 0 Å². The van der Waals surface area contributed by atoms with Crippen LogP contribution in [-0.2, 0) is 6.54 Å². The van der Waals surface area contributed by atoms with Gasteiger partial charge in [0.1, 0.15) is 0 Å². The van der Waals surface area contributed by atoms with Crippen LogP contribution in [-0.4, -0.2) is 46.9 Å². The molecule has 3 rings (SSSR count). The first-order valence-electron chi connectivity index (χ1n) is 7.60. The lowest BCUT2D eigenvalue weighted by molar-refractivity contribution is 0.0627. The van der Waals surface area contributed by atoms with Gasteiger partial charge in [0.15, 0.2) is 0 Å². The maximum atomic E-state index is 12.6. The minimum Gasteiger partial charge on any atom is -0.336 e. The lowest BCUT2D eigenvalue weighted by atomic mass is 10.1. The van der Waals surface area contributed by atoms with E-state index in [1.165, 1.54) is 5.56 Å². The Morgan fingerprint density at radius 2 is 1.95 bits per heavy atom. The fourth-order valence-corrected chi connectivity index (χ4v) is 3.49. The highest BCUT2D eigenvalue weighted by Gasteiger charge is 2.23. The van der Waals surface area contributed by atoms with Gasteiger partial charge in [0.2, 0.25) is 0 Å². The molecule has 2 aromatic heterocycles. The fraction of sp³-hybridized carbons (Fsp3) is 0.412. The van der Waals surface area contributed by atoms with Crippen LogP contribution in [0.5, 0.6) is 0 Å². The summed E-state index contributed by atoms with van der Waals surface area (Å²) in [4.78, 5) is 21.4. The van der Waals surface area contributed by atoms with Crippen LogP contribution in [0.4, 0.5) is 0 Å². The first kappa shape index (κ1) is 15.2. The van der Waals surface area contributed by atoms with Gasteiger partial charge in [-0.2, -0.15) is 11.3 Å². The first-order valence-corrected chi connectivity index (χ1v) is 8.55. The van der Waals surface area contributed by atoms with Crippen molar-refractivity contribution in [1.82, 2.24) is 14.8 Å². The van der Waals surface area contributed by atoms with Crippen LogP contribution < -0.4 is 0 Å². The molecule has 1 amide bonds. The summed E-state index contributed by atoms with van der Waals surface area (Å²) in [5.41, 5.74) is 3.88. The molecule has 1 aliphatic heterocycles. The number of aryl methyl sites for hydroxylation is 2. The van der Waals surface area contributed by atoms with Gasteiger partial charge < -0.3 is 4.90 Å². The van der Waals surface area contributed by atoms with Crippen molar-refractivity contribution in [3.8, 4) is 0 Å². The number of aromatic nitrogens is 1. The molecule has 0 N–H and O–H groups in total. The van der Waals surface area contributed by atoms with Crippen molar-refractivity contribution < 1.29 is 4.79 Å². The predicted molar refractivity (Wildman–Crippen MR) is 89.2 cm³/mol. The molecule has 0 aliphatic carbocycles. The number of rotatable bonds is 3. The molecule has 116 valence electrons. The number of carbonyl (C=O) groups excluding carboxylic acids is 1. The normalized spacial score (nSPS) is 16.0. The number of hydrogen-bond donors (Lipinski definition) is 0. The SMILES string of the molecule is Cc1ccc(C(=O)N2CCN(Cc3ccsc3)CC2)c(C)n1. The zero-order valence-corrected chi connectivity index (χ0v) is 13.9. The molecule has 4 nitrogen and oxygen atoms in total. The maximum absolute atomic E-state index is 12.6. The average molecular weight is 315 g/mol. The van der Waals surface area contributed by atoms with E-state index in [2.05, 4.69) is 26.7 Å². The largest absolute Gasteiger partial charge is 0.336 e. The summed E-state index contributed by atoms with van der Waals surface area (Å²) >= 11 is 1.74. The molecule has 2 aromatic rings. The van der Waals surface area contributed by atoms with Gasteiger partial charge >= 0.3 is 0 Å². The van der Waals surface area contributed by atoms with Crippen LogP contribution in [0.3, 0.4) is 0 Å². The van der Waals surface area contributed by atoms with Crippen LogP contribution in [0.15, 0.2) is 29.0 Å². The van der Waals surface area contributed by atoms with Gasteiger partial charge in [-0.25, -0.2) is 0 Å². The van der Waals surface area contributed by atoms with E-state index in [1.54, 1.807) is 11.3 Å². The Hall–Kier alpha value is -1.72. The molecular formula is C17H21N3OS. The maximum Gasteiger partial charge on any atom is 0.255 e. The number of carbonyl (C=O) groups is 1. The van der Waals surface area contributed by atoms with Gasteiger partial charge in [0, 0.05) is 38.4 Å². The molecule has 0 bridgehead atoms. The van der Waals surface area contributed by atoms with Crippen molar-refractivity contribution in [3.63, 3.8) is 0 Å². The summed E-state index contributed by atoms with van der Waals surface area (Å²) in [6, 6.07) is 5.98. The second kappa shape index (κ2) is 6.58. The van der Waals surface area contributed by atoms with E-state index in [0.717, 1.165) is 49.7 Å². The minimum atomic E-state index is 0.111. The van der Waals surface area contributed by atoms with E-state index < -0.39 is 0 Å². The lowest BCUT2D eigenvalue weighted by Crippen LogP contribution is -2.48. The lowest BCUT2D eigenvalue weighted by Gasteiger charge is -2.34. The third-order valence-corrected chi connectivity index (χ3v) is 4.83. The van der Waals surface area contributed by atoms with E-state index in [9.17, 15) is 4.79 Å². The predicted octanol–water partition coefficient (Wildman–Crippen LogP) is 2.72. The minimum absolute atomic E-state index is 0.111. The summed E-state index contributed by atoms with van der Waals surface area (Å²) in [5.74, 6) is 0.111. The smallest absolute Gasteiger partial charge is 0.255 e. The Bertz CT molecular complexity index is 646. The molecule has 0 atom stereocenters. The van der Waals surface area contributed by atoms with Crippen LogP contribution in [0.1, 0.15) is 27.3 Å². The van der Waals surface area contributed by atoms with E-state index in [0.29, 0.717) is 0 Å². The van der Waals surface area contributed by atoms with E-state index in [4.69, 9.17) is 0 Å². The van der Waals surface area contributed by atoms with Crippen molar-refractivity contribution in [2.45, 2.75) is 20.4 Å². The quantitative estimate of drug-likeness (QED) is 0.874. The summed E-state index contributed by atoms with van der Waals surface area (Å²) in [6.07, 6.45) is 0. The van der Waals surface area contributed by atoms with Crippen LogP contribution in [0.2, 0.25) is 0 Å². The van der Waals surface area contributed by atoms with Crippen molar-refractivity contribution in [2.24, 2.45) is 0 Å². The Balaban J connectivity index is 1.60. The average Bonchev–Trinajstić information content (AvgIpc) is 3.00. The molecular weight excluding hydrogens is 294 g/mol. The number of piperazine rings is 1. The van der Waals surface area contributed by atoms with Crippen LogP contribution in [0, 0.1) is 13.8 Å². The number of nitrogens with zero attached hydrogens (tertiary/aromatic N) is 3. The number of pyridine rings is 1. The number of amides is 1. The van der Waals surface area contributed by atoms with Crippen molar-refractivity contribution in [3.05, 3.63) is 51.5 Å². The highest BCUT2D eigenvalue weighted by Crippen LogP contribution is 2.15. The standard InChI is InChI=1S/C17H21N3OS/c1-13-3-4-16(14(2)18-13)17(21)20-8-6-19(7-9-20)11-15-5-10-22-12-15/h3-5,10,12H,6-9,11H2,1-2H3. The zero-order chi connectivity index (χ0) is 15.5. The molecule has 1 fully saturated rings. The molecule has 5 heteroatoms. The molecule has 1 saturated heterocycles. The van der Waals surface area contributed by atoms with E-state index in [1.807, 2.05) is 30.9 Å². The van der Waals surface area contributed by atoms with Gasteiger partial charge in [0.25, 0.3) is 5.91 Å². The molecule has 0 radical (unpaired) electrons. The molecule has 0 aromatic carbocycles. The number of thiophene rings is 1. The van der Waals surface area contributed by atoms with Crippen molar-refractivity contribution in [2.75, 3.05) is 26.2 Å². The van der Waals surface area contributed by atoms with Gasteiger partial charge in [-0.05, 0) is 48.4 Å². The topological polar surface area (TPSA) is 36.4 Å². The highest BCUT2D eigenvalue weighted by molar-refractivity contribution is 7.07. The second-order valence-electron chi connectivity index (χ2n) is 5.79. The Morgan fingerprint density at radius 3 is 2.59 bits per heavy atom. The van der Waals surface area contributed by atoms with Gasteiger partial charge in [-0.1, -0.05) is 0 Å². The van der Waals surface area contributed by atoms with Gasteiger partial charge in [-0.15, -0.1) is 0 Å². The summed E-state index contributed by atoms with van der Waals surface area (Å²) in [6.45, 7) is 8.28. The van der Waals surface area contributed by atoms with Crippen LogP contribution >= 0.6 is 11.3 Å². The van der Waals surface area contributed by atoms with E-state index in [-0.39, 0.29) is 5.91 Å².